The van der Waals surface area contributed by atoms with E-state index in [0.717, 1.165) is 12.1 Å². The summed E-state index contributed by atoms with van der Waals surface area (Å²) >= 11 is 0. The third-order valence-corrected chi connectivity index (χ3v) is 1.83. The van der Waals surface area contributed by atoms with Crippen molar-refractivity contribution in [1.82, 2.24) is 10.9 Å². The Morgan fingerprint density at radius 2 is 1.89 bits per heavy atom. The summed E-state index contributed by atoms with van der Waals surface area (Å²) in [6.45, 7) is 0. The first-order valence-electron chi connectivity index (χ1n) is 4.71. The van der Waals surface area contributed by atoms with Crippen molar-refractivity contribution in [3.05, 3.63) is 44.9 Å². The van der Waals surface area contributed by atoms with Gasteiger partial charge in [0.2, 0.25) is 0 Å². The number of non-ortho nitro benzene ring substituents is 1. The zero-order valence-corrected chi connectivity index (χ0v) is 9.31. The van der Waals surface area contributed by atoms with Crippen molar-refractivity contribution in [2.45, 2.75) is 0 Å². The Kier molecular flexibility index (Phi) is 4.29. The Morgan fingerprint density at radius 3 is 2.37 bits per heavy atom. The number of carbonyl (C=O) groups is 1. The van der Waals surface area contributed by atoms with E-state index in [4.69, 9.17) is 10.9 Å². The Hall–Kier alpha value is -3.24. The quantitative estimate of drug-likeness (QED) is 0.241. The molecule has 0 fully saturated rings. The minimum absolute atomic E-state index is 0.102. The number of nitrogens with zero attached hydrogens (tertiary/aromatic N) is 3. The summed E-state index contributed by atoms with van der Waals surface area (Å²) in [6.07, 6.45) is 0. The molecule has 1 amide bonds. The standard InChI is InChI=1S/C8H8N6O5/c9-8(12-14(18)19)11-10-7(15)5-1-3-6(4-2-5)13(16)17/h1-4H,(H4-,9,10,11,12,15,18,19)/p+1. The van der Waals surface area contributed by atoms with Crippen LogP contribution in [-0.4, -0.2) is 27.0 Å². The van der Waals surface area contributed by atoms with E-state index in [0.29, 0.717) is 0 Å². The molecule has 0 saturated heterocycles. The summed E-state index contributed by atoms with van der Waals surface area (Å²) in [4.78, 5) is 31.4. The number of carbonyl (C=O) groups excluding carboxylic acids is 1. The molecule has 0 radical (unpaired) electrons. The van der Waals surface area contributed by atoms with E-state index >= 15 is 0 Å². The van der Waals surface area contributed by atoms with Gasteiger partial charge in [0, 0.05) is 17.7 Å². The maximum atomic E-state index is 11.5. The average Bonchev–Trinajstić information content (AvgIpc) is 2.35. The smallest absolute Gasteiger partial charge is 0.362 e. The summed E-state index contributed by atoms with van der Waals surface area (Å²) in [7, 11) is 0. The van der Waals surface area contributed by atoms with Crippen LogP contribution < -0.4 is 16.6 Å². The van der Waals surface area contributed by atoms with Gasteiger partial charge in [0.1, 0.15) is 4.91 Å². The van der Waals surface area contributed by atoms with E-state index < -0.39 is 21.8 Å². The van der Waals surface area contributed by atoms with Crippen LogP contribution in [0.1, 0.15) is 10.4 Å². The second-order valence-electron chi connectivity index (χ2n) is 3.13. The van der Waals surface area contributed by atoms with Crippen LogP contribution >= 0.6 is 0 Å². The van der Waals surface area contributed by atoms with Crippen LogP contribution in [0.4, 0.5) is 5.69 Å². The topological polar surface area (TPSA) is 163 Å². The number of hydrazone groups is 1. The van der Waals surface area contributed by atoms with Crippen molar-refractivity contribution in [3.8, 4) is 0 Å². The Balaban J connectivity index is 2.68. The third kappa shape index (κ3) is 4.26. The highest BCUT2D eigenvalue weighted by molar-refractivity contribution is 5.95. The van der Waals surface area contributed by atoms with E-state index in [9.17, 15) is 19.8 Å². The van der Waals surface area contributed by atoms with Gasteiger partial charge in [-0.25, -0.2) is 10.6 Å². The number of hydrazine groups is 1. The summed E-state index contributed by atoms with van der Waals surface area (Å²) in [6, 6.07) is 4.73. The molecule has 11 heteroatoms. The molecular formula is C8H9N6O5+. The number of amides is 1. The van der Waals surface area contributed by atoms with Gasteiger partial charge in [-0.3, -0.25) is 14.9 Å². The van der Waals surface area contributed by atoms with E-state index in [2.05, 4.69) is 5.10 Å². The maximum absolute atomic E-state index is 11.5. The van der Waals surface area contributed by atoms with Crippen LogP contribution in [0.2, 0.25) is 0 Å². The SMILES string of the molecule is NC(=NNC(=O)c1ccc([N+](=O)[O-])cc1)N[N+](=O)O. The van der Waals surface area contributed by atoms with Crippen LogP contribution in [0.5, 0.6) is 0 Å². The molecule has 0 spiro atoms. The molecule has 5 N–H and O–H groups in total. The first-order valence-corrected chi connectivity index (χ1v) is 4.71. The fourth-order valence-electron chi connectivity index (χ4n) is 1.03. The van der Waals surface area contributed by atoms with Crippen molar-refractivity contribution in [2.24, 2.45) is 10.8 Å². The zero-order valence-electron chi connectivity index (χ0n) is 9.31. The van der Waals surface area contributed by atoms with Gasteiger partial charge in [0.15, 0.2) is 0 Å². The van der Waals surface area contributed by atoms with Gasteiger partial charge in [-0.15, -0.1) is 5.10 Å². The lowest BCUT2D eigenvalue weighted by atomic mass is 10.2. The lowest BCUT2D eigenvalue weighted by molar-refractivity contribution is -0.822. The van der Waals surface area contributed by atoms with E-state index in [-0.39, 0.29) is 11.3 Å². The molecule has 1 aromatic carbocycles. The predicted molar refractivity (Wildman–Crippen MR) is 60.7 cm³/mol. The van der Waals surface area contributed by atoms with Crippen molar-refractivity contribution >= 4 is 17.6 Å². The number of hydrogen-bond donors (Lipinski definition) is 4. The molecule has 11 nitrogen and oxygen atoms in total. The van der Waals surface area contributed by atoms with E-state index in [1.54, 1.807) is 5.43 Å². The number of nitro groups is 1. The van der Waals surface area contributed by atoms with Gasteiger partial charge in [-0.2, -0.15) is 0 Å². The number of nitrogens with one attached hydrogen (secondary N) is 2. The first kappa shape index (κ1) is 13.8. The number of nitro benzene ring substituents is 1. The largest absolute Gasteiger partial charge is 0.364 e. The van der Waals surface area contributed by atoms with E-state index in [1.807, 2.05) is 5.43 Å². The molecule has 0 aliphatic heterocycles. The van der Waals surface area contributed by atoms with Gasteiger partial charge in [-0.1, -0.05) is 0 Å². The highest BCUT2D eigenvalue weighted by Crippen LogP contribution is 2.11. The molecule has 0 aromatic heterocycles. The lowest BCUT2D eigenvalue weighted by Gasteiger charge is -1.99. The van der Waals surface area contributed by atoms with Gasteiger partial charge in [0.05, 0.1) is 4.92 Å². The fraction of sp³-hybridized carbons (Fsp3) is 0. The number of benzene rings is 1. The second-order valence-corrected chi connectivity index (χ2v) is 3.13. The molecule has 19 heavy (non-hydrogen) atoms. The lowest BCUT2D eigenvalue weighted by Crippen LogP contribution is -2.39. The summed E-state index contributed by atoms with van der Waals surface area (Å²) in [5.41, 5.74) is 8.63. The summed E-state index contributed by atoms with van der Waals surface area (Å²) in [5, 5.41) is 21.2. The van der Waals surface area contributed by atoms with Crippen LogP contribution in [0, 0.1) is 15.0 Å². The summed E-state index contributed by atoms with van der Waals surface area (Å²) in [5.74, 6) is -1.25. The Bertz CT molecular complexity index is 539. The van der Waals surface area contributed by atoms with Crippen molar-refractivity contribution in [3.63, 3.8) is 0 Å². The average molecular weight is 269 g/mol. The minimum Gasteiger partial charge on any atom is -0.364 e. The predicted octanol–water partition coefficient (Wildman–Crippen LogP) is -0.773. The molecule has 0 aliphatic rings. The fourth-order valence-corrected chi connectivity index (χ4v) is 1.03. The highest BCUT2D eigenvalue weighted by Gasteiger charge is 2.10. The number of nitrogens with two attached hydrogens (primary N) is 1. The van der Waals surface area contributed by atoms with Gasteiger partial charge in [0.25, 0.3) is 17.6 Å². The van der Waals surface area contributed by atoms with Crippen molar-refractivity contribution in [1.29, 1.82) is 0 Å². The molecule has 0 heterocycles. The number of guanidine groups is 1. The van der Waals surface area contributed by atoms with Crippen molar-refractivity contribution in [2.75, 3.05) is 0 Å². The van der Waals surface area contributed by atoms with Gasteiger partial charge >= 0.3 is 5.03 Å². The molecule has 1 aromatic rings. The van der Waals surface area contributed by atoms with Gasteiger partial charge in [-0.05, 0) is 17.6 Å². The van der Waals surface area contributed by atoms with E-state index in [1.165, 1.54) is 12.1 Å². The summed E-state index contributed by atoms with van der Waals surface area (Å²) < 4.78 is 0. The molecule has 1 rings (SSSR count). The van der Waals surface area contributed by atoms with Gasteiger partial charge < -0.3 is 5.73 Å². The zero-order chi connectivity index (χ0) is 14.4. The Labute approximate surface area is 105 Å². The first-order chi connectivity index (χ1) is 8.90. The molecule has 100 valence electrons. The van der Waals surface area contributed by atoms with Crippen molar-refractivity contribution < 1.29 is 20.0 Å². The van der Waals surface area contributed by atoms with Crippen LogP contribution in [0.3, 0.4) is 0 Å². The molecule has 0 saturated carbocycles. The monoisotopic (exact) mass is 269 g/mol. The normalized spacial score (nSPS) is 10.6. The second kappa shape index (κ2) is 5.90. The van der Waals surface area contributed by atoms with Crippen LogP contribution in [0.15, 0.2) is 29.4 Å². The van der Waals surface area contributed by atoms with Crippen LogP contribution in [0.25, 0.3) is 0 Å². The third-order valence-electron chi connectivity index (χ3n) is 1.83. The molecule has 0 aliphatic carbocycles. The number of rotatable bonds is 4. The maximum Gasteiger partial charge on any atom is 0.362 e. The van der Waals surface area contributed by atoms with Crippen LogP contribution in [-0.2, 0) is 0 Å². The molecule has 0 unspecified atom stereocenters. The molecule has 0 atom stereocenters. The Morgan fingerprint density at radius 1 is 1.32 bits per heavy atom. The number of hydrogen-bond acceptors (Lipinski definition) is 5. The minimum atomic E-state index is -0.699. The highest BCUT2D eigenvalue weighted by atomic mass is 16.7. The molecular weight excluding hydrogens is 260 g/mol. The molecule has 0 bridgehead atoms.